The molecule has 0 aromatic carbocycles. The number of carboxylic acid groups (broad SMARTS) is 2. The molecule has 0 saturated heterocycles. The van der Waals surface area contributed by atoms with E-state index in [2.05, 4.69) is 46.1 Å². The third-order valence-electron chi connectivity index (χ3n) is 10.5. The van der Waals surface area contributed by atoms with Gasteiger partial charge in [0.25, 0.3) is 0 Å². The van der Waals surface area contributed by atoms with Crippen molar-refractivity contribution < 1.29 is 24.9 Å². The molecule has 0 spiro atoms. The average Bonchev–Trinajstić information content (AvgIpc) is 3.03. The highest BCUT2D eigenvalue weighted by Gasteiger charge is 2.62. The van der Waals surface area contributed by atoms with Crippen molar-refractivity contribution in [2.24, 2.45) is 34.0 Å². The number of aliphatic hydroxyl groups is 1. The molecular weight excluding hydrogens is 452 g/mol. The molecule has 0 aliphatic heterocycles. The SMILES string of the molecule is C=C(C)[C@@H]1CC=C2C(=CC[C@]3(C)[C@@H](C(CCC(=C)C(C)(C)O)C(=O)O)CC[C@@]23C)[C@@]1(C)CCC(=O)O. The number of hydrogen-bond donors (Lipinski definition) is 3. The van der Waals surface area contributed by atoms with Gasteiger partial charge in [-0.3, -0.25) is 9.59 Å². The second-order valence-corrected chi connectivity index (χ2v) is 12.9. The van der Waals surface area contributed by atoms with Crippen LogP contribution in [0.2, 0.25) is 0 Å². The molecule has 0 radical (unpaired) electrons. The molecule has 200 valence electrons. The van der Waals surface area contributed by atoms with Gasteiger partial charge in [0.2, 0.25) is 0 Å². The number of rotatable bonds is 10. The smallest absolute Gasteiger partial charge is 0.306 e. The van der Waals surface area contributed by atoms with E-state index in [9.17, 15) is 24.9 Å². The predicted molar refractivity (Wildman–Crippen MR) is 143 cm³/mol. The average molecular weight is 499 g/mol. The Balaban J connectivity index is 1.99. The first-order valence-electron chi connectivity index (χ1n) is 13.4. The molecule has 5 nitrogen and oxygen atoms in total. The molecule has 1 fully saturated rings. The van der Waals surface area contributed by atoms with E-state index in [1.807, 2.05) is 6.92 Å². The van der Waals surface area contributed by atoms with E-state index in [1.54, 1.807) is 13.8 Å². The highest BCUT2D eigenvalue weighted by molar-refractivity contribution is 5.71. The summed E-state index contributed by atoms with van der Waals surface area (Å²) in [5, 5.41) is 30.1. The van der Waals surface area contributed by atoms with Gasteiger partial charge in [-0.25, -0.2) is 0 Å². The minimum Gasteiger partial charge on any atom is -0.481 e. The van der Waals surface area contributed by atoms with E-state index in [0.29, 0.717) is 24.8 Å². The van der Waals surface area contributed by atoms with Gasteiger partial charge in [-0.1, -0.05) is 51.7 Å². The van der Waals surface area contributed by atoms with Crippen LogP contribution in [0.15, 0.2) is 47.6 Å². The van der Waals surface area contributed by atoms with Crippen molar-refractivity contribution >= 4 is 11.9 Å². The Morgan fingerprint density at radius 2 is 1.75 bits per heavy atom. The largest absolute Gasteiger partial charge is 0.481 e. The molecule has 0 bridgehead atoms. The lowest BCUT2D eigenvalue weighted by molar-refractivity contribution is -0.146. The normalized spacial score (nSPS) is 34.6. The Kier molecular flexibility index (Phi) is 7.60. The van der Waals surface area contributed by atoms with Crippen LogP contribution < -0.4 is 0 Å². The monoisotopic (exact) mass is 498 g/mol. The molecule has 3 N–H and O–H groups in total. The first kappa shape index (κ1) is 28.4. The third kappa shape index (κ3) is 4.64. The fourth-order valence-electron chi connectivity index (χ4n) is 7.76. The van der Waals surface area contributed by atoms with Crippen molar-refractivity contribution in [3.8, 4) is 0 Å². The van der Waals surface area contributed by atoms with Gasteiger partial charge in [-0.2, -0.15) is 0 Å². The summed E-state index contributed by atoms with van der Waals surface area (Å²) in [5.74, 6) is -1.85. The molecule has 3 aliphatic carbocycles. The summed E-state index contributed by atoms with van der Waals surface area (Å²) in [7, 11) is 0. The Morgan fingerprint density at radius 3 is 2.28 bits per heavy atom. The van der Waals surface area contributed by atoms with Crippen LogP contribution >= 0.6 is 0 Å². The van der Waals surface area contributed by atoms with Crippen molar-refractivity contribution in [1.29, 1.82) is 0 Å². The molecule has 3 aliphatic rings. The molecule has 5 heteroatoms. The molecule has 6 atom stereocenters. The van der Waals surface area contributed by atoms with Gasteiger partial charge >= 0.3 is 11.9 Å². The molecule has 3 rings (SSSR count). The summed E-state index contributed by atoms with van der Waals surface area (Å²) >= 11 is 0. The molecule has 36 heavy (non-hydrogen) atoms. The standard InChI is InChI=1S/C31H46O5/c1-19(2)22-11-12-25-24(29(22,6)16-15-26(32)33)14-18-30(7)23(13-17-31(25,30)8)21(27(34)35)10-9-20(3)28(4,5)36/h12,14,21-23,36H,1,3,9-11,13,15-18H2,2,4-8H3,(H,32,33)(H,34,35)/t21?,22-,23+,29-,30+,31-/m0/s1. The number of hydrogen-bond acceptors (Lipinski definition) is 3. The number of carboxylic acids is 2. The first-order chi connectivity index (χ1) is 16.5. The number of carbonyl (C=O) groups is 2. The van der Waals surface area contributed by atoms with Gasteiger partial charge in [0.05, 0.1) is 11.5 Å². The third-order valence-corrected chi connectivity index (χ3v) is 10.5. The second kappa shape index (κ2) is 9.63. The molecule has 0 amide bonds. The van der Waals surface area contributed by atoms with Crippen LogP contribution in [0, 0.1) is 34.0 Å². The topological polar surface area (TPSA) is 94.8 Å². The zero-order valence-electron chi connectivity index (χ0n) is 23.1. The lowest BCUT2D eigenvalue weighted by Crippen LogP contribution is -2.48. The highest BCUT2D eigenvalue weighted by Crippen LogP contribution is 2.70. The van der Waals surface area contributed by atoms with Crippen molar-refractivity contribution in [3.05, 3.63) is 47.6 Å². The van der Waals surface area contributed by atoms with E-state index in [-0.39, 0.29) is 34.5 Å². The van der Waals surface area contributed by atoms with Crippen LogP contribution in [-0.2, 0) is 9.59 Å². The zero-order valence-corrected chi connectivity index (χ0v) is 23.1. The summed E-state index contributed by atoms with van der Waals surface area (Å²) in [6.45, 7) is 20.5. The first-order valence-corrected chi connectivity index (χ1v) is 13.4. The lowest BCUT2D eigenvalue weighted by atomic mass is 9.48. The van der Waals surface area contributed by atoms with Gasteiger partial charge in [-0.15, -0.1) is 0 Å². The van der Waals surface area contributed by atoms with Gasteiger partial charge in [0.15, 0.2) is 0 Å². The number of aliphatic carboxylic acids is 2. The number of fused-ring (bicyclic) bond motifs is 3. The quantitative estimate of drug-likeness (QED) is 0.284. The maximum Gasteiger partial charge on any atom is 0.306 e. The van der Waals surface area contributed by atoms with Crippen molar-refractivity contribution in [3.63, 3.8) is 0 Å². The minimum absolute atomic E-state index is 0.0115. The van der Waals surface area contributed by atoms with E-state index in [1.165, 1.54) is 11.1 Å². The summed E-state index contributed by atoms with van der Waals surface area (Å²) in [6, 6.07) is 0. The summed E-state index contributed by atoms with van der Waals surface area (Å²) < 4.78 is 0. The molecule has 1 unspecified atom stereocenters. The Hall–Kier alpha value is -2.14. The molecule has 0 aromatic rings. The predicted octanol–water partition coefficient (Wildman–Crippen LogP) is 6.94. The Labute approximate surface area is 217 Å². The van der Waals surface area contributed by atoms with Crippen LogP contribution in [0.4, 0.5) is 0 Å². The van der Waals surface area contributed by atoms with E-state index in [4.69, 9.17) is 0 Å². The fraction of sp³-hybridized carbons (Fsp3) is 0.677. The highest BCUT2D eigenvalue weighted by atomic mass is 16.4. The van der Waals surface area contributed by atoms with Gasteiger partial charge in [-0.05, 0) is 111 Å². The Bertz CT molecular complexity index is 1010. The van der Waals surface area contributed by atoms with Crippen LogP contribution in [-0.4, -0.2) is 32.9 Å². The molecule has 0 heterocycles. The van der Waals surface area contributed by atoms with Crippen LogP contribution in [0.25, 0.3) is 0 Å². The van der Waals surface area contributed by atoms with Crippen LogP contribution in [0.5, 0.6) is 0 Å². The maximum absolute atomic E-state index is 12.5. The molecule has 0 aromatic heterocycles. The second-order valence-electron chi connectivity index (χ2n) is 12.9. The van der Waals surface area contributed by atoms with Gasteiger partial charge in [0, 0.05) is 6.42 Å². The summed E-state index contributed by atoms with van der Waals surface area (Å²) in [6.07, 6.45) is 9.66. The van der Waals surface area contributed by atoms with E-state index in [0.717, 1.165) is 31.3 Å². The van der Waals surface area contributed by atoms with Crippen molar-refractivity contribution in [1.82, 2.24) is 0 Å². The van der Waals surface area contributed by atoms with Gasteiger partial charge < -0.3 is 15.3 Å². The molecular formula is C31H46O5. The summed E-state index contributed by atoms with van der Waals surface area (Å²) in [5.41, 5.74) is 2.60. The van der Waals surface area contributed by atoms with Crippen molar-refractivity contribution in [2.45, 2.75) is 98.5 Å². The zero-order chi connectivity index (χ0) is 27.3. The van der Waals surface area contributed by atoms with Crippen molar-refractivity contribution in [2.75, 3.05) is 0 Å². The Morgan fingerprint density at radius 1 is 1.11 bits per heavy atom. The lowest BCUT2D eigenvalue weighted by Gasteiger charge is -2.56. The van der Waals surface area contributed by atoms with Gasteiger partial charge in [0.1, 0.15) is 0 Å². The van der Waals surface area contributed by atoms with Crippen LogP contribution in [0.3, 0.4) is 0 Å². The van der Waals surface area contributed by atoms with E-state index < -0.39 is 23.5 Å². The summed E-state index contributed by atoms with van der Waals surface area (Å²) in [4.78, 5) is 24.1. The fourth-order valence-corrected chi connectivity index (χ4v) is 7.76. The van der Waals surface area contributed by atoms with E-state index >= 15 is 0 Å². The molecule has 1 saturated carbocycles. The van der Waals surface area contributed by atoms with Crippen LogP contribution in [0.1, 0.15) is 92.9 Å². The minimum atomic E-state index is -1.02. The maximum atomic E-state index is 12.5. The number of allylic oxidation sites excluding steroid dienone is 5.